The standard InChI is InChI=1S/C14H25BrN2S/c1-10(2)6-13(17(4)5)8-16-11(3)14-7-12(15)9-18-14/h7,9-11,13,16H,6,8H2,1-5H3. The molecule has 0 saturated carbocycles. The molecule has 0 radical (unpaired) electrons. The van der Waals surface area contributed by atoms with E-state index in [4.69, 9.17) is 0 Å². The Hall–Kier alpha value is 0.1000. The lowest BCUT2D eigenvalue weighted by molar-refractivity contribution is 0.242. The molecule has 0 aromatic carbocycles. The van der Waals surface area contributed by atoms with Crippen LogP contribution in [0.3, 0.4) is 0 Å². The summed E-state index contributed by atoms with van der Waals surface area (Å²) < 4.78 is 1.18. The number of halogens is 1. The number of nitrogens with zero attached hydrogens (tertiary/aromatic N) is 1. The summed E-state index contributed by atoms with van der Waals surface area (Å²) in [7, 11) is 4.34. The molecule has 0 amide bonds. The number of likely N-dealkylation sites (N-methyl/N-ethyl adjacent to an activating group) is 1. The zero-order valence-corrected chi connectivity index (χ0v) is 14.4. The van der Waals surface area contributed by atoms with Crippen LogP contribution in [0.1, 0.15) is 38.1 Å². The fourth-order valence-corrected chi connectivity index (χ4v) is 3.47. The van der Waals surface area contributed by atoms with Crippen LogP contribution in [-0.2, 0) is 0 Å². The van der Waals surface area contributed by atoms with Crippen LogP contribution < -0.4 is 5.32 Å². The summed E-state index contributed by atoms with van der Waals surface area (Å²) >= 11 is 5.32. The van der Waals surface area contributed by atoms with Gasteiger partial charge < -0.3 is 10.2 Å². The van der Waals surface area contributed by atoms with Gasteiger partial charge in [0.1, 0.15) is 0 Å². The Morgan fingerprint density at radius 3 is 2.44 bits per heavy atom. The molecule has 0 aliphatic rings. The highest BCUT2D eigenvalue weighted by atomic mass is 79.9. The van der Waals surface area contributed by atoms with Gasteiger partial charge in [-0.2, -0.15) is 0 Å². The molecule has 1 N–H and O–H groups in total. The van der Waals surface area contributed by atoms with E-state index in [0.717, 1.165) is 12.5 Å². The molecule has 1 heterocycles. The third-order valence-corrected chi connectivity index (χ3v) is 5.02. The van der Waals surface area contributed by atoms with Crippen molar-refractivity contribution in [2.24, 2.45) is 5.92 Å². The van der Waals surface area contributed by atoms with Crippen molar-refractivity contribution in [1.82, 2.24) is 10.2 Å². The highest BCUT2D eigenvalue weighted by Gasteiger charge is 2.15. The van der Waals surface area contributed by atoms with Gasteiger partial charge in [0, 0.05) is 33.4 Å². The van der Waals surface area contributed by atoms with Crippen molar-refractivity contribution in [3.63, 3.8) is 0 Å². The van der Waals surface area contributed by atoms with Crippen LogP contribution in [0.4, 0.5) is 0 Å². The maximum Gasteiger partial charge on any atom is 0.0387 e. The number of thiophene rings is 1. The SMILES string of the molecule is CC(C)CC(CNC(C)c1cc(Br)cs1)N(C)C. The van der Waals surface area contributed by atoms with Crippen LogP contribution in [0.25, 0.3) is 0 Å². The summed E-state index contributed by atoms with van der Waals surface area (Å²) in [6.45, 7) is 7.86. The minimum Gasteiger partial charge on any atom is -0.308 e. The normalized spacial score (nSPS) is 15.3. The van der Waals surface area contributed by atoms with Crippen LogP contribution in [-0.4, -0.2) is 31.6 Å². The van der Waals surface area contributed by atoms with Gasteiger partial charge in [-0.25, -0.2) is 0 Å². The highest BCUT2D eigenvalue weighted by Crippen LogP contribution is 2.25. The lowest BCUT2D eigenvalue weighted by atomic mass is 10.0. The topological polar surface area (TPSA) is 15.3 Å². The van der Waals surface area contributed by atoms with Crippen LogP contribution in [0.5, 0.6) is 0 Å². The van der Waals surface area contributed by atoms with Crippen molar-refractivity contribution in [1.29, 1.82) is 0 Å². The van der Waals surface area contributed by atoms with Crippen LogP contribution in [0.15, 0.2) is 15.9 Å². The van der Waals surface area contributed by atoms with Gasteiger partial charge in [-0.05, 0) is 55.4 Å². The minimum absolute atomic E-state index is 0.427. The first-order valence-electron chi connectivity index (χ1n) is 6.54. The van der Waals surface area contributed by atoms with Gasteiger partial charge in [0.2, 0.25) is 0 Å². The Kier molecular flexibility index (Phi) is 6.85. The largest absolute Gasteiger partial charge is 0.308 e. The van der Waals surface area contributed by atoms with E-state index in [1.165, 1.54) is 15.8 Å². The van der Waals surface area contributed by atoms with Gasteiger partial charge in [0.25, 0.3) is 0 Å². The maximum atomic E-state index is 3.65. The summed E-state index contributed by atoms with van der Waals surface area (Å²) in [6.07, 6.45) is 1.24. The maximum absolute atomic E-state index is 3.65. The van der Waals surface area contributed by atoms with Crippen LogP contribution in [0, 0.1) is 5.92 Å². The van der Waals surface area contributed by atoms with Gasteiger partial charge in [0.05, 0.1) is 0 Å². The minimum atomic E-state index is 0.427. The Labute approximate surface area is 124 Å². The van der Waals surface area contributed by atoms with Gasteiger partial charge in [0.15, 0.2) is 0 Å². The van der Waals surface area contributed by atoms with Crippen molar-refractivity contribution in [3.8, 4) is 0 Å². The van der Waals surface area contributed by atoms with Crippen molar-refractivity contribution in [2.45, 2.75) is 39.3 Å². The summed E-state index contributed by atoms with van der Waals surface area (Å²) in [5.41, 5.74) is 0. The third kappa shape index (κ3) is 5.39. The molecule has 2 atom stereocenters. The first-order chi connectivity index (χ1) is 8.40. The molecular formula is C14H25BrN2S. The first kappa shape index (κ1) is 16.2. The van der Waals surface area contributed by atoms with E-state index in [1.54, 1.807) is 0 Å². The van der Waals surface area contributed by atoms with Crippen LogP contribution in [0.2, 0.25) is 0 Å². The molecule has 1 rings (SSSR count). The zero-order valence-electron chi connectivity index (χ0n) is 12.0. The number of hydrogen-bond acceptors (Lipinski definition) is 3. The molecule has 0 spiro atoms. The van der Waals surface area contributed by atoms with Gasteiger partial charge in [-0.1, -0.05) is 13.8 Å². The molecular weight excluding hydrogens is 308 g/mol. The number of nitrogens with one attached hydrogen (secondary N) is 1. The molecule has 4 heteroatoms. The van der Waals surface area contributed by atoms with Crippen LogP contribution >= 0.6 is 27.3 Å². The van der Waals surface area contributed by atoms with E-state index in [2.05, 4.69) is 72.5 Å². The molecule has 1 aromatic heterocycles. The Morgan fingerprint density at radius 1 is 1.33 bits per heavy atom. The fourth-order valence-electron chi connectivity index (χ4n) is 1.99. The Morgan fingerprint density at radius 2 is 2.00 bits per heavy atom. The predicted octanol–water partition coefficient (Wildman–Crippen LogP) is 4.14. The predicted molar refractivity (Wildman–Crippen MR) is 85.4 cm³/mol. The molecule has 0 saturated heterocycles. The molecule has 0 bridgehead atoms. The molecule has 2 unspecified atom stereocenters. The number of rotatable bonds is 7. The van der Waals surface area contributed by atoms with E-state index in [9.17, 15) is 0 Å². The van der Waals surface area contributed by atoms with Crippen molar-refractivity contribution in [2.75, 3.05) is 20.6 Å². The Balaban J connectivity index is 2.46. The van der Waals surface area contributed by atoms with Crippen molar-refractivity contribution < 1.29 is 0 Å². The quantitative estimate of drug-likeness (QED) is 0.807. The molecule has 0 aliphatic heterocycles. The summed E-state index contributed by atoms with van der Waals surface area (Å²) in [5.74, 6) is 0.741. The molecule has 104 valence electrons. The second kappa shape index (κ2) is 7.63. The molecule has 1 aromatic rings. The van der Waals surface area contributed by atoms with Gasteiger partial charge >= 0.3 is 0 Å². The second-order valence-corrected chi connectivity index (χ2v) is 7.40. The zero-order chi connectivity index (χ0) is 13.7. The summed E-state index contributed by atoms with van der Waals surface area (Å²) in [5, 5.41) is 5.79. The second-order valence-electron chi connectivity index (χ2n) is 5.54. The van der Waals surface area contributed by atoms with E-state index >= 15 is 0 Å². The summed E-state index contributed by atoms with van der Waals surface area (Å²) in [4.78, 5) is 3.72. The van der Waals surface area contributed by atoms with Gasteiger partial charge in [-0.15, -0.1) is 11.3 Å². The Bertz CT molecular complexity index is 349. The fraction of sp³-hybridized carbons (Fsp3) is 0.714. The first-order valence-corrected chi connectivity index (χ1v) is 8.21. The van der Waals surface area contributed by atoms with E-state index < -0.39 is 0 Å². The lowest BCUT2D eigenvalue weighted by Crippen LogP contribution is -2.39. The number of hydrogen-bond donors (Lipinski definition) is 1. The van der Waals surface area contributed by atoms with E-state index in [0.29, 0.717) is 12.1 Å². The average Bonchev–Trinajstić information content (AvgIpc) is 2.69. The van der Waals surface area contributed by atoms with E-state index in [-0.39, 0.29) is 0 Å². The molecule has 2 nitrogen and oxygen atoms in total. The molecule has 0 fully saturated rings. The summed E-state index contributed by atoms with van der Waals surface area (Å²) in [6, 6.07) is 3.24. The molecule has 18 heavy (non-hydrogen) atoms. The third-order valence-electron chi connectivity index (χ3n) is 3.15. The van der Waals surface area contributed by atoms with Crippen molar-refractivity contribution >= 4 is 27.3 Å². The monoisotopic (exact) mass is 332 g/mol. The highest BCUT2D eigenvalue weighted by molar-refractivity contribution is 9.10. The average molecular weight is 333 g/mol. The smallest absolute Gasteiger partial charge is 0.0387 e. The molecule has 0 aliphatic carbocycles. The lowest BCUT2D eigenvalue weighted by Gasteiger charge is -2.27. The van der Waals surface area contributed by atoms with Gasteiger partial charge in [-0.3, -0.25) is 0 Å². The van der Waals surface area contributed by atoms with Crippen molar-refractivity contribution in [3.05, 3.63) is 20.8 Å². The van der Waals surface area contributed by atoms with E-state index in [1.807, 2.05) is 11.3 Å².